The second-order valence-corrected chi connectivity index (χ2v) is 11.3. The fourth-order valence-electron chi connectivity index (χ4n) is 3.95. The van der Waals surface area contributed by atoms with Crippen LogP contribution in [0.4, 0.5) is 0 Å². The number of rotatable bonds is 28. The van der Waals surface area contributed by atoms with Gasteiger partial charge in [0, 0.05) is 19.6 Å². The van der Waals surface area contributed by atoms with Crippen molar-refractivity contribution in [3.05, 3.63) is 24.7 Å². The van der Waals surface area contributed by atoms with Crippen LogP contribution in [-0.2, 0) is 13.6 Å². The standard InChI is InChI=1S/C24H47O4P.C6H15NO3/c1-3-5-7-9-11-13-15-17-19-21-23-27-29(25,26)28-24-22-20-18-16-14-12-10-8-6-4-2;8-4-1-7(2-5-9)3-6-10/h21-24H,3-20H2,1-2H3,(H,25,26);8-10H,1-6H2. The monoisotopic (exact) mass is 579 g/mol. The lowest BCUT2D eigenvalue weighted by molar-refractivity contribution is 0.136. The Morgan fingerprint density at radius 1 is 0.564 bits per heavy atom. The summed E-state index contributed by atoms with van der Waals surface area (Å²) in [5, 5.41) is 25.5. The molecule has 0 saturated heterocycles. The molecule has 0 unspecified atom stereocenters. The first-order valence-electron chi connectivity index (χ1n) is 15.5. The lowest BCUT2D eigenvalue weighted by atomic mass is 10.1. The maximum absolute atomic E-state index is 11.7. The predicted octanol–water partition coefficient (Wildman–Crippen LogP) is 7.47. The van der Waals surface area contributed by atoms with E-state index in [4.69, 9.17) is 24.4 Å². The number of hydrogen-bond acceptors (Lipinski definition) is 7. The van der Waals surface area contributed by atoms with E-state index in [-0.39, 0.29) is 19.8 Å². The third-order valence-electron chi connectivity index (χ3n) is 6.28. The van der Waals surface area contributed by atoms with E-state index in [9.17, 15) is 9.46 Å². The van der Waals surface area contributed by atoms with Crippen LogP contribution in [0.15, 0.2) is 24.7 Å². The summed E-state index contributed by atoms with van der Waals surface area (Å²) in [6, 6.07) is 0. The Bertz CT molecular complexity index is 525. The first-order chi connectivity index (χ1) is 19.0. The topological polar surface area (TPSA) is 120 Å². The van der Waals surface area contributed by atoms with Gasteiger partial charge in [-0.3, -0.25) is 9.79 Å². The van der Waals surface area contributed by atoms with Crippen LogP contribution in [-0.4, -0.2) is 64.6 Å². The molecule has 0 aliphatic heterocycles. The molecule has 9 heteroatoms. The summed E-state index contributed by atoms with van der Waals surface area (Å²) in [7, 11) is -4.02. The highest BCUT2D eigenvalue weighted by molar-refractivity contribution is 7.47. The van der Waals surface area contributed by atoms with Crippen molar-refractivity contribution in [2.24, 2.45) is 0 Å². The van der Waals surface area contributed by atoms with E-state index in [1.54, 1.807) is 17.1 Å². The molecule has 0 amide bonds. The molecule has 4 N–H and O–H groups in total. The summed E-state index contributed by atoms with van der Waals surface area (Å²) in [6.07, 6.45) is 28.3. The molecular formula is C30H62NO7P. The van der Waals surface area contributed by atoms with Crippen LogP contribution in [0.25, 0.3) is 0 Å². The van der Waals surface area contributed by atoms with Gasteiger partial charge in [-0.25, -0.2) is 4.57 Å². The predicted molar refractivity (Wildman–Crippen MR) is 162 cm³/mol. The molecule has 0 saturated carbocycles. The molecule has 0 bridgehead atoms. The number of unbranched alkanes of at least 4 members (excludes halogenated alkanes) is 16. The van der Waals surface area contributed by atoms with E-state index in [1.807, 2.05) is 0 Å². The Balaban J connectivity index is 0. The van der Waals surface area contributed by atoms with Gasteiger partial charge in [0.25, 0.3) is 0 Å². The number of phosphoric acid groups is 1. The van der Waals surface area contributed by atoms with Gasteiger partial charge in [0.05, 0.1) is 32.3 Å². The minimum absolute atomic E-state index is 0.0694. The molecule has 0 atom stereocenters. The maximum atomic E-state index is 11.7. The molecule has 0 spiro atoms. The van der Waals surface area contributed by atoms with Gasteiger partial charge >= 0.3 is 7.82 Å². The molecule has 8 nitrogen and oxygen atoms in total. The van der Waals surface area contributed by atoms with Crippen molar-refractivity contribution in [3.63, 3.8) is 0 Å². The van der Waals surface area contributed by atoms with Crippen LogP contribution in [0, 0.1) is 0 Å². The molecule has 0 aromatic heterocycles. The number of allylic oxidation sites excluding steroid dienone is 2. The average Bonchev–Trinajstić information content (AvgIpc) is 2.91. The summed E-state index contributed by atoms with van der Waals surface area (Å²) >= 11 is 0. The van der Waals surface area contributed by atoms with Crippen molar-refractivity contribution >= 4 is 7.82 Å². The summed E-state index contributed by atoms with van der Waals surface area (Å²) in [4.78, 5) is 11.4. The van der Waals surface area contributed by atoms with E-state index in [0.717, 1.165) is 25.7 Å². The lowest BCUT2D eigenvalue weighted by Crippen LogP contribution is -2.32. The van der Waals surface area contributed by atoms with E-state index in [0.29, 0.717) is 19.6 Å². The summed E-state index contributed by atoms with van der Waals surface area (Å²) in [6.45, 7) is 6.22. The highest BCUT2D eigenvalue weighted by Crippen LogP contribution is 2.43. The number of aliphatic hydroxyl groups excluding tert-OH is 3. The van der Waals surface area contributed by atoms with E-state index < -0.39 is 7.82 Å². The molecule has 0 aromatic rings. The Hall–Kier alpha value is -0.890. The van der Waals surface area contributed by atoms with Crippen molar-refractivity contribution in [2.45, 2.75) is 129 Å². The number of phosphoric ester groups is 1. The van der Waals surface area contributed by atoms with Crippen molar-refractivity contribution in [2.75, 3.05) is 39.5 Å². The highest BCUT2D eigenvalue weighted by atomic mass is 31.2. The quantitative estimate of drug-likeness (QED) is 0.0428. The zero-order valence-corrected chi connectivity index (χ0v) is 26.1. The van der Waals surface area contributed by atoms with Crippen LogP contribution >= 0.6 is 7.82 Å². The first-order valence-corrected chi connectivity index (χ1v) is 17.0. The average molecular weight is 580 g/mol. The highest BCUT2D eigenvalue weighted by Gasteiger charge is 2.19. The summed E-state index contributed by atoms with van der Waals surface area (Å²) in [5.74, 6) is 0. The first kappa shape index (κ1) is 40.2. The van der Waals surface area contributed by atoms with Crippen molar-refractivity contribution in [1.29, 1.82) is 0 Å². The van der Waals surface area contributed by atoms with E-state index in [1.165, 1.54) is 102 Å². The van der Waals surface area contributed by atoms with Gasteiger partial charge in [0.2, 0.25) is 0 Å². The molecule has 0 radical (unpaired) electrons. The summed E-state index contributed by atoms with van der Waals surface area (Å²) in [5.41, 5.74) is 0. The van der Waals surface area contributed by atoms with Crippen LogP contribution in [0.1, 0.15) is 129 Å². The van der Waals surface area contributed by atoms with Crippen molar-refractivity contribution in [1.82, 2.24) is 4.90 Å². The third kappa shape index (κ3) is 35.1. The van der Waals surface area contributed by atoms with Gasteiger partial charge in [-0.15, -0.1) is 0 Å². The maximum Gasteiger partial charge on any atom is 0.583 e. The third-order valence-corrected chi connectivity index (χ3v) is 7.05. The molecule has 234 valence electrons. The van der Waals surface area contributed by atoms with Crippen molar-refractivity contribution < 1.29 is 33.8 Å². The largest absolute Gasteiger partial charge is 0.583 e. The van der Waals surface area contributed by atoms with Gasteiger partial charge in [0.15, 0.2) is 0 Å². The van der Waals surface area contributed by atoms with Gasteiger partial charge in [-0.1, -0.05) is 104 Å². The zero-order chi connectivity index (χ0) is 29.3. The Morgan fingerprint density at radius 2 is 0.872 bits per heavy atom. The minimum Gasteiger partial charge on any atom is -0.404 e. The van der Waals surface area contributed by atoms with Crippen LogP contribution in [0.3, 0.4) is 0 Å². The minimum atomic E-state index is -4.02. The zero-order valence-electron chi connectivity index (χ0n) is 25.2. The Kier molecular flexibility index (Phi) is 34.4. The molecule has 0 aromatic carbocycles. The van der Waals surface area contributed by atoms with Crippen LogP contribution < -0.4 is 0 Å². The fraction of sp³-hybridized carbons (Fsp3) is 0.867. The lowest BCUT2D eigenvalue weighted by Gasteiger charge is -2.17. The molecule has 0 aliphatic carbocycles. The molecule has 0 fully saturated rings. The number of aliphatic hydroxyl groups is 3. The van der Waals surface area contributed by atoms with Gasteiger partial charge in [0.1, 0.15) is 0 Å². The van der Waals surface area contributed by atoms with Gasteiger partial charge in [-0.2, -0.15) is 0 Å². The van der Waals surface area contributed by atoms with E-state index in [2.05, 4.69) is 13.8 Å². The number of nitrogens with zero attached hydrogens (tertiary/aromatic N) is 1. The van der Waals surface area contributed by atoms with E-state index >= 15 is 0 Å². The number of hydrogen-bond donors (Lipinski definition) is 4. The van der Waals surface area contributed by atoms with Crippen LogP contribution in [0.2, 0.25) is 0 Å². The molecule has 0 heterocycles. The summed E-state index contributed by atoms with van der Waals surface area (Å²) < 4.78 is 21.4. The Labute approximate surface area is 240 Å². The van der Waals surface area contributed by atoms with Crippen molar-refractivity contribution in [3.8, 4) is 0 Å². The fourth-order valence-corrected chi connectivity index (χ4v) is 4.48. The molecule has 39 heavy (non-hydrogen) atoms. The molecule has 0 rings (SSSR count). The SMILES string of the molecule is CCCCCCCCCCC=COP(=O)(O)OC=CCCCCCCCCCC.OCCN(CCO)CCO. The van der Waals surface area contributed by atoms with Crippen LogP contribution in [0.5, 0.6) is 0 Å². The smallest absolute Gasteiger partial charge is 0.404 e. The normalized spacial score (nSPS) is 13.1. The second kappa shape index (κ2) is 33.3. The van der Waals surface area contributed by atoms with Gasteiger partial charge < -0.3 is 24.4 Å². The Morgan fingerprint density at radius 3 is 1.18 bits per heavy atom. The molecule has 0 aliphatic rings. The van der Waals surface area contributed by atoms with Gasteiger partial charge in [-0.05, 0) is 37.8 Å². The molecular weight excluding hydrogens is 517 g/mol. The second-order valence-electron chi connectivity index (χ2n) is 9.96.